The molecule has 0 amide bonds. The molecular formula is C17H28O3. The molecule has 3 rings (SSSR count). The van der Waals surface area contributed by atoms with E-state index in [2.05, 4.69) is 6.92 Å². The summed E-state index contributed by atoms with van der Waals surface area (Å²) in [5.74, 6) is 0.435. The van der Waals surface area contributed by atoms with E-state index in [1.54, 1.807) is 0 Å². The minimum absolute atomic E-state index is 0.00956. The number of esters is 1. The summed E-state index contributed by atoms with van der Waals surface area (Å²) in [4.78, 5) is 12.6. The zero-order valence-corrected chi connectivity index (χ0v) is 13.1. The molecule has 3 heteroatoms. The molecule has 20 heavy (non-hydrogen) atoms. The van der Waals surface area contributed by atoms with Gasteiger partial charge in [0.2, 0.25) is 0 Å². The summed E-state index contributed by atoms with van der Waals surface area (Å²) in [7, 11) is 0. The zero-order valence-electron chi connectivity index (χ0n) is 13.1. The number of hydrogen-bond donors (Lipinski definition) is 0. The van der Waals surface area contributed by atoms with Crippen LogP contribution in [-0.2, 0) is 14.3 Å². The number of fused-ring (bicyclic) bond motifs is 2. The van der Waals surface area contributed by atoms with Crippen LogP contribution < -0.4 is 0 Å². The first-order valence-corrected chi connectivity index (χ1v) is 8.36. The molecule has 0 aromatic rings. The van der Waals surface area contributed by atoms with E-state index in [1.807, 2.05) is 13.8 Å². The van der Waals surface area contributed by atoms with Gasteiger partial charge in [-0.15, -0.1) is 0 Å². The molecule has 3 fully saturated rings. The first-order valence-electron chi connectivity index (χ1n) is 8.36. The second-order valence-electron chi connectivity index (χ2n) is 7.61. The second kappa shape index (κ2) is 5.01. The number of carbonyl (C=O) groups excluding carboxylic acids is 1. The van der Waals surface area contributed by atoms with Gasteiger partial charge in [-0.2, -0.15) is 0 Å². The van der Waals surface area contributed by atoms with E-state index >= 15 is 0 Å². The van der Waals surface area contributed by atoms with E-state index in [0.717, 1.165) is 32.1 Å². The van der Waals surface area contributed by atoms with Crippen molar-refractivity contribution < 1.29 is 14.3 Å². The van der Waals surface area contributed by atoms with Crippen LogP contribution in [0, 0.1) is 11.3 Å². The van der Waals surface area contributed by atoms with Gasteiger partial charge in [-0.25, -0.2) is 0 Å². The highest BCUT2D eigenvalue weighted by Gasteiger charge is 2.55. The van der Waals surface area contributed by atoms with Crippen LogP contribution in [0.3, 0.4) is 0 Å². The number of ether oxygens (including phenoxy) is 2. The van der Waals surface area contributed by atoms with Crippen LogP contribution in [-0.4, -0.2) is 23.8 Å². The van der Waals surface area contributed by atoms with Gasteiger partial charge in [-0.1, -0.05) is 6.92 Å². The molecule has 1 aliphatic carbocycles. The first kappa shape index (κ1) is 14.4. The van der Waals surface area contributed by atoms with E-state index in [1.165, 1.54) is 19.3 Å². The topological polar surface area (TPSA) is 35.5 Å². The monoisotopic (exact) mass is 280 g/mol. The van der Waals surface area contributed by atoms with Gasteiger partial charge < -0.3 is 9.47 Å². The van der Waals surface area contributed by atoms with E-state index < -0.39 is 0 Å². The number of rotatable bonds is 4. The average molecular weight is 280 g/mol. The van der Waals surface area contributed by atoms with Crippen molar-refractivity contribution in [2.75, 3.05) is 0 Å². The highest BCUT2D eigenvalue weighted by Crippen LogP contribution is 2.51. The predicted octanol–water partition coefficient (Wildman–Crippen LogP) is 3.85. The highest BCUT2D eigenvalue weighted by molar-refractivity contribution is 5.76. The molecule has 0 aromatic carbocycles. The molecule has 3 unspecified atom stereocenters. The average Bonchev–Trinajstić information content (AvgIpc) is 3.14. The van der Waals surface area contributed by atoms with Crippen LogP contribution >= 0.6 is 0 Å². The molecule has 3 aliphatic rings. The maximum Gasteiger partial charge on any atom is 0.312 e. The summed E-state index contributed by atoms with van der Waals surface area (Å²) in [6, 6.07) is 0. The third kappa shape index (κ3) is 2.28. The van der Waals surface area contributed by atoms with E-state index in [9.17, 15) is 4.79 Å². The van der Waals surface area contributed by atoms with Crippen molar-refractivity contribution in [3.63, 3.8) is 0 Å². The van der Waals surface area contributed by atoms with Gasteiger partial charge in [0.25, 0.3) is 0 Å². The summed E-state index contributed by atoms with van der Waals surface area (Å²) in [5, 5.41) is 0. The van der Waals surface area contributed by atoms with Gasteiger partial charge in [-0.3, -0.25) is 4.79 Å². The van der Waals surface area contributed by atoms with Crippen molar-refractivity contribution in [3.05, 3.63) is 0 Å². The molecule has 1 saturated carbocycles. The Balaban J connectivity index is 1.77. The molecule has 3 atom stereocenters. The number of carbonyl (C=O) groups is 1. The maximum atomic E-state index is 12.6. The molecular weight excluding hydrogens is 252 g/mol. The van der Waals surface area contributed by atoms with Gasteiger partial charge in [0.05, 0.1) is 17.6 Å². The Morgan fingerprint density at radius 1 is 1.30 bits per heavy atom. The lowest BCUT2D eigenvalue weighted by Crippen LogP contribution is -2.46. The lowest BCUT2D eigenvalue weighted by Gasteiger charge is -2.40. The molecule has 2 bridgehead atoms. The maximum absolute atomic E-state index is 12.6. The van der Waals surface area contributed by atoms with Crippen molar-refractivity contribution in [2.45, 2.75) is 89.9 Å². The Bertz CT molecular complexity index is 382. The van der Waals surface area contributed by atoms with Crippen LogP contribution in [0.1, 0.15) is 72.1 Å². The fourth-order valence-corrected chi connectivity index (χ4v) is 4.18. The smallest absolute Gasteiger partial charge is 0.312 e. The van der Waals surface area contributed by atoms with Crippen LogP contribution in [0.4, 0.5) is 0 Å². The fraction of sp³-hybridized carbons (Fsp3) is 0.941. The standard InChI is InChI=1S/C17H28O3/c1-4-16(2,3)15(18)20-17(9-5-6-10-17)13-11-12-7-8-14(13)19-12/h12-14H,4-11H2,1-3H3. The first-order chi connectivity index (χ1) is 9.47. The third-order valence-electron chi connectivity index (χ3n) is 5.96. The SMILES string of the molecule is CCC(C)(C)C(=O)OC1(C2CC3CCC2O3)CCCC1. The quantitative estimate of drug-likeness (QED) is 0.734. The van der Waals surface area contributed by atoms with Crippen molar-refractivity contribution in [2.24, 2.45) is 11.3 Å². The van der Waals surface area contributed by atoms with Crippen molar-refractivity contribution in [3.8, 4) is 0 Å². The van der Waals surface area contributed by atoms with Crippen LogP contribution in [0.25, 0.3) is 0 Å². The summed E-state index contributed by atoms with van der Waals surface area (Å²) >= 11 is 0. The van der Waals surface area contributed by atoms with Gasteiger partial charge >= 0.3 is 5.97 Å². The summed E-state index contributed by atoms with van der Waals surface area (Å²) in [6.45, 7) is 6.05. The van der Waals surface area contributed by atoms with Crippen LogP contribution in [0.15, 0.2) is 0 Å². The van der Waals surface area contributed by atoms with Crippen molar-refractivity contribution in [1.29, 1.82) is 0 Å². The Labute approximate surface area is 122 Å². The third-order valence-corrected chi connectivity index (χ3v) is 5.96. The summed E-state index contributed by atoms with van der Waals surface area (Å²) < 4.78 is 12.2. The Morgan fingerprint density at radius 2 is 2.00 bits per heavy atom. The number of hydrogen-bond acceptors (Lipinski definition) is 3. The predicted molar refractivity (Wildman–Crippen MR) is 77.4 cm³/mol. The molecule has 2 aliphatic heterocycles. The van der Waals surface area contributed by atoms with Gasteiger partial charge in [-0.05, 0) is 65.2 Å². The Kier molecular flexibility index (Phi) is 3.60. The van der Waals surface area contributed by atoms with E-state index in [4.69, 9.17) is 9.47 Å². The lowest BCUT2D eigenvalue weighted by molar-refractivity contribution is -0.179. The van der Waals surface area contributed by atoms with Crippen molar-refractivity contribution >= 4 is 5.97 Å². The van der Waals surface area contributed by atoms with Gasteiger partial charge in [0.1, 0.15) is 5.60 Å². The van der Waals surface area contributed by atoms with Gasteiger partial charge in [0.15, 0.2) is 0 Å². The summed E-state index contributed by atoms with van der Waals surface area (Å²) in [6.07, 6.45) is 9.51. The Morgan fingerprint density at radius 3 is 2.50 bits per heavy atom. The molecule has 114 valence electrons. The minimum atomic E-state index is -0.367. The highest BCUT2D eigenvalue weighted by atomic mass is 16.6. The van der Waals surface area contributed by atoms with E-state index in [-0.39, 0.29) is 17.0 Å². The van der Waals surface area contributed by atoms with E-state index in [0.29, 0.717) is 18.1 Å². The van der Waals surface area contributed by atoms with Gasteiger partial charge in [0, 0.05) is 5.92 Å². The molecule has 0 N–H and O–H groups in total. The Hall–Kier alpha value is -0.570. The largest absolute Gasteiger partial charge is 0.458 e. The molecule has 0 spiro atoms. The fourth-order valence-electron chi connectivity index (χ4n) is 4.18. The molecule has 2 heterocycles. The molecule has 0 radical (unpaired) electrons. The molecule has 2 saturated heterocycles. The molecule has 0 aromatic heterocycles. The minimum Gasteiger partial charge on any atom is -0.458 e. The molecule has 3 nitrogen and oxygen atoms in total. The normalized spacial score (nSPS) is 35.5. The lowest BCUT2D eigenvalue weighted by atomic mass is 9.75. The van der Waals surface area contributed by atoms with Crippen molar-refractivity contribution in [1.82, 2.24) is 0 Å². The van der Waals surface area contributed by atoms with Crippen LogP contribution in [0.2, 0.25) is 0 Å². The van der Waals surface area contributed by atoms with Crippen LogP contribution in [0.5, 0.6) is 0 Å². The summed E-state index contributed by atoms with van der Waals surface area (Å²) in [5.41, 5.74) is -0.586. The second-order valence-corrected chi connectivity index (χ2v) is 7.61. The zero-order chi connectivity index (χ0) is 14.4.